The summed E-state index contributed by atoms with van der Waals surface area (Å²) < 4.78 is 14.4. The molecule has 1 unspecified atom stereocenters. The Kier molecular flexibility index (Phi) is 7.63. The van der Waals surface area contributed by atoms with Gasteiger partial charge in [0, 0.05) is 6.20 Å². The van der Waals surface area contributed by atoms with Crippen LogP contribution in [0.1, 0.15) is 59.4 Å². The van der Waals surface area contributed by atoms with Gasteiger partial charge in [0.05, 0.1) is 41.2 Å². The van der Waals surface area contributed by atoms with Crippen molar-refractivity contribution in [3.05, 3.63) is 87.9 Å². The minimum absolute atomic E-state index is 0.0620. The topological polar surface area (TPSA) is 106 Å². The van der Waals surface area contributed by atoms with Crippen molar-refractivity contribution in [1.82, 2.24) is 14.4 Å². The average Bonchev–Trinajstić information content (AvgIpc) is 3.65. The number of aromatic nitrogens is 3. The van der Waals surface area contributed by atoms with E-state index in [1.807, 2.05) is 62.6 Å². The number of thiazole rings is 1. The molecule has 226 valence electrons. The predicted molar refractivity (Wildman–Crippen MR) is 172 cm³/mol. The molecule has 0 spiro atoms. The Morgan fingerprint density at radius 1 is 1.02 bits per heavy atom. The second-order valence-corrected chi connectivity index (χ2v) is 12.1. The summed E-state index contributed by atoms with van der Waals surface area (Å²) in [6.07, 6.45) is 3.72. The highest BCUT2D eigenvalue weighted by molar-refractivity contribution is 7.22. The number of aryl methyl sites for hydroxylation is 4. The number of ketones is 1. The smallest absolute Gasteiger partial charge is 0.301 e. The fourth-order valence-electron chi connectivity index (χ4n) is 5.78. The minimum Gasteiger partial charge on any atom is -0.505 e. The predicted octanol–water partition coefficient (Wildman–Crippen LogP) is 6.99. The number of aliphatic hydroxyl groups is 1. The first-order valence-corrected chi connectivity index (χ1v) is 15.4. The van der Waals surface area contributed by atoms with Crippen LogP contribution in [0.25, 0.3) is 21.6 Å². The van der Waals surface area contributed by atoms with E-state index in [0.717, 1.165) is 39.7 Å². The molecule has 0 bridgehead atoms. The largest absolute Gasteiger partial charge is 0.505 e. The maximum Gasteiger partial charge on any atom is 0.301 e. The highest BCUT2D eigenvalue weighted by Crippen LogP contribution is 2.46. The van der Waals surface area contributed by atoms with Crippen molar-refractivity contribution in [2.45, 2.75) is 53.5 Å². The first-order chi connectivity index (χ1) is 21.1. The van der Waals surface area contributed by atoms with Crippen molar-refractivity contribution in [1.29, 1.82) is 0 Å². The second-order valence-electron chi connectivity index (χ2n) is 11.1. The van der Waals surface area contributed by atoms with Gasteiger partial charge < -0.3 is 19.0 Å². The Hall–Kier alpha value is -4.70. The van der Waals surface area contributed by atoms with Gasteiger partial charge in [-0.1, -0.05) is 42.9 Å². The fraction of sp³-hybridized carbons (Fsp3) is 0.294. The number of carbonyl (C=O) groups is 2. The Morgan fingerprint density at radius 2 is 1.82 bits per heavy atom. The molecular formula is C34H34N4O5S. The van der Waals surface area contributed by atoms with E-state index in [9.17, 15) is 14.7 Å². The van der Waals surface area contributed by atoms with Crippen LogP contribution in [0.15, 0.2) is 54.2 Å². The van der Waals surface area contributed by atoms with Crippen molar-refractivity contribution >= 4 is 49.8 Å². The lowest BCUT2D eigenvalue weighted by atomic mass is 9.96. The van der Waals surface area contributed by atoms with Crippen molar-refractivity contribution in [3.63, 3.8) is 0 Å². The lowest BCUT2D eigenvalue weighted by Gasteiger charge is -2.23. The zero-order chi connectivity index (χ0) is 31.3. The SMILES string of the molecule is CCCCOc1ccc(C2C(=C(O)c3nc4c(C)cccn4c3C)C(=O)C(=O)N2c2nc3c(C)cc(C)cc3s2)cc1OC. The Labute approximate surface area is 259 Å². The van der Waals surface area contributed by atoms with Crippen LogP contribution >= 0.6 is 11.3 Å². The number of imidazole rings is 1. The number of hydrogen-bond acceptors (Lipinski definition) is 8. The van der Waals surface area contributed by atoms with E-state index in [2.05, 4.69) is 6.92 Å². The molecule has 3 aromatic heterocycles. The van der Waals surface area contributed by atoms with Crippen LogP contribution in [0.4, 0.5) is 5.13 Å². The number of ether oxygens (including phenoxy) is 2. The second kappa shape index (κ2) is 11.4. The highest BCUT2D eigenvalue weighted by atomic mass is 32.1. The van der Waals surface area contributed by atoms with Gasteiger partial charge in [0.2, 0.25) is 0 Å². The Balaban J connectivity index is 1.57. The number of unbranched alkanes of at least 4 members (excludes halogenated alkanes) is 1. The molecule has 0 aliphatic carbocycles. The molecule has 44 heavy (non-hydrogen) atoms. The van der Waals surface area contributed by atoms with Gasteiger partial charge in [-0.15, -0.1) is 0 Å². The highest BCUT2D eigenvalue weighted by Gasteiger charge is 2.49. The lowest BCUT2D eigenvalue weighted by molar-refractivity contribution is -0.132. The van der Waals surface area contributed by atoms with Crippen LogP contribution in [-0.2, 0) is 9.59 Å². The number of fused-ring (bicyclic) bond motifs is 2. The molecule has 1 atom stereocenters. The van der Waals surface area contributed by atoms with E-state index in [1.165, 1.54) is 16.2 Å². The zero-order valence-electron chi connectivity index (χ0n) is 25.6. The van der Waals surface area contributed by atoms with Crippen molar-refractivity contribution in [2.75, 3.05) is 18.6 Å². The van der Waals surface area contributed by atoms with E-state index < -0.39 is 17.7 Å². The van der Waals surface area contributed by atoms with E-state index in [0.29, 0.717) is 40.1 Å². The summed E-state index contributed by atoms with van der Waals surface area (Å²) in [6.45, 7) is 10.3. The molecule has 10 heteroatoms. The van der Waals surface area contributed by atoms with Crippen molar-refractivity contribution in [3.8, 4) is 11.5 Å². The molecule has 1 aliphatic rings. The molecule has 0 saturated carbocycles. The van der Waals surface area contributed by atoms with E-state index >= 15 is 0 Å². The summed E-state index contributed by atoms with van der Waals surface area (Å²) in [5.41, 5.74) is 5.77. The number of carbonyl (C=O) groups excluding carboxylic acids is 2. The molecule has 1 aliphatic heterocycles. The van der Waals surface area contributed by atoms with Gasteiger partial charge >= 0.3 is 5.91 Å². The van der Waals surface area contributed by atoms with Crippen LogP contribution in [0, 0.1) is 27.7 Å². The molecule has 4 heterocycles. The van der Waals surface area contributed by atoms with Crippen LogP contribution < -0.4 is 14.4 Å². The molecule has 9 nitrogen and oxygen atoms in total. The number of Topliss-reactive ketones (excluding diaryl/α,β-unsaturated/α-hetero) is 1. The van der Waals surface area contributed by atoms with Gasteiger partial charge in [-0.05, 0) is 80.6 Å². The van der Waals surface area contributed by atoms with E-state index in [1.54, 1.807) is 25.3 Å². The molecule has 1 amide bonds. The third-order valence-corrected chi connectivity index (χ3v) is 9.04. The van der Waals surface area contributed by atoms with Crippen LogP contribution in [0.2, 0.25) is 0 Å². The number of anilines is 1. The zero-order valence-corrected chi connectivity index (χ0v) is 26.4. The van der Waals surface area contributed by atoms with Crippen molar-refractivity contribution in [2.24, 2.45) is 0 Å². The summed E-state index contributed by atoms with van der Waals surface area (Å²) in [5.74, 6) is -0.911. The van der Waals surface area contributed by atoms with Gasteiger partial charge in [-0.2, -0.15) is 0 Å². The van der Waals surface area contributed by atoms with Gasteiger partial charge in [-0.3, -0.25) is 14.5 Å². The summed E-state index contributed by atoms with van der Waals surface area (Å²) in [5, 5.41) is 12.2. The number of rotatable bonds is 8. The third-order valence-electron chi connectivity index (χ3n) is 8.04. The number of aliphatic hydroxyl groups excluding tert-OH is 1. The number of nitrogens with zero attached hydrogens (tertiary/aromatic N) is 4. The number of hydrogen-bond donors (Lipinski definition) is 1. The molecule has 0 radical (unpaired) electrons. The number of amides is 1. The molecule has 5 aromatic rings. The fourth-order valence-corrected chi connectivity index (χ4v) is 6.95. The summed E-state index contributed by atoms with van der Waals surface area (Å²) in [6, 6.07) is 12.2. The molecule has 1 N–H and O–H groups in total. The van der Waals surface area contributed by atoms with Gasteiger partial charge in [-0.25, -0.2) is 9.97 Å². The molecule has 1 saturated heterocycles. The molecule has 6 rings (SSSR count). The molecule has 1 fully saturated rings. The maximum atomic E-state index is 13.9. The quantitative estimate of drug-likeness (QED) is 0.0873. The number of pyridine rings is 1. The summed E-state index contributed by atoms with van der Waals surface area (Å²) in [7, 11) is 1.55. The monoisotopic (exact) mass is 610 g/mol. The average molecular weight is 611 g/mol. The number of benzene rings is 2. The van der Waals surface area contributed by atoms with Crippen LogP contribution in [0.5, 0.6) is 11.5 Å². The molecular weight excluding hydrogens is 576 g/mol. The third kappa shape index (κ3) is 4.79. The van der Waals surface area contributed by atoms with Gasteiger partial charge in [0.1, 0.15) is 11.3 Å². The molecule has 2 aromatic carbocycles. The lowest BCUT2D eigenvalue weighted by Crippen LogP contribution is -2.29. The van der Waals surface area contributed by atoms with Gasteiger partial charge in [0.25, 0.3) is 5.78 Å². The van der Waals surface area contributed by atoms with E-state index in [4.69, 9.17) is 19.4 Å². The minimum atomic E-state index is -0.985. The number of methoxy groups -OCH3 is 1. The summed E-state index contributed by atoms with van der Waals surface area (Å²) in [4.78, 5) is 38.7. The maximum absolute atomic E-state index is 13.9. The standard InChI is InChI=1S/C34H34N4O5S/c1-7-8-14-43-23-12-11-22(17-24(23)42-6)29-26(30(39)28-21(5)37-13-9-10-19(3)32(37)35-28)31(40)33(41)38(29)34-36-27-20(4)15-18(2)16-25(27)44-34/h9-13,15-17,29,39H,7-8,14H2,1-6H3. The Bertz CT molecular complexity index is 1990. The Morgan fingerprint density at radius 3 is 2.55 bits per heavy atom. The van der Waals surface area contributed by atoms with Crippen LogP contribution in [-0.4, -0.2) is 44.9 Å². The first kappa shape index (κ1) is 29.4. The van der Waals surface area contributed by atoms with Crippen LogP contribution in [0.3, 0.4) is 0 Å². The normalized spacial score (nSPS) is 16.4. The van der Waals surface area contributed by atoms with E-state index in [-0.39, 0.29) is 17.0 Å². The first-order valence-electron chi connectivity index (χ1n) is 14.6. The van der Waals surface area contributed by atoms with Crippen molar-refractivity contribution < 1.29 is 24.2 Å². The van der Waals surface area contributed by atoms with Gasteiger partial charge in [0.15, 0.2) is 22.4 Å². The summed E-state index contributed by atoms with van der Waals surface area (Å²) >= 11 is 1.33.